The number of likely N-dealkylation sites (tertiary alicyclic amines) is 1. The molecule has 0 aliphatic carbocycles. The molecule has 0 aromatic rings. The molecule has 3 saturated heterocycles. The number of ether oxygens (including phenoxy) is 2. The number of likely N-dealkylation sites (N-methyl/N-ethyl adjacent to an activating group) is 1. The zero-order valence-electron chi connectivity index (χ0n) is 16.3. The lowest BCUT2D eigenvalue weighted by molar-refractivity contribution is -0.201. The number of nitrogens with one attached hydrogen (secondary N) is 1. The van der Waals surface area contributed by atoms with Gasteiger partial charge in [-0.2, -0.15) is 0 Å². The molecule has 1 atom stereocenters. The molecule has 7 nitrogen and oxygen atoms in total. The van der Waals surface area contributed by atoms with E-state index in [0.717, 1.165) is 32.6 Å². The van der Waals surface area contributed by atoms with E-state index in [1.807, 2.05) is 11.9 Å². The number of rotatable bonds is 5. The van der Waals surface area contributed by atoms with Crippen LogP contribution in [-0.4, -0.2) is 86.3 Å². The first kappa shape index (κ1) is 19.6. The Bertz CT molecular complexity index is 513. The maximum Gasteiger partial charge on any atom is 0.239 e. The molecule has 0 radical (unpaired) electrons. The van der Waals surface area contributed by atoms with E-state index in [4.69, 9.17) is 9.47 Å². The zero-order valence-corrected chi connectivity index (χ0v) is 16.3. The summed E-state index contributed by atoms with van der Waals surface area (Å²) in [5.74, 6) is 1.13. The lowest BCUT2D eigenvalue weighted by atomic mass is 9.89. The maximum atomic E-state index is 12.5. The van der Waals surface area contributed by atoms with Crippen molar-refractivity contribution >= 4 is 11.8 Å². The van der Waals surface area contributed by atoms with Crippen LogP contribution in [-0.2, 0) is 19.1 Å². The average molecular weight is 367 g/mol. The molecule has 0 bridgehead atoms. The van der Waals surface area contributed by atoms with Gasteiger partial charge in [-0.25, -0.2) is 0 Å². The predicted molar refractivity (Wildman–Crippen MR) is 97.7 cm³/mol. The normalized spacial score (nSPS) is 26.8. The molecule has 148 valence electrons. The third kappa shape index (κ3) is 4.56. The van der Waals surface area contributed by atoms with Gasteiger partial charge in [-0.05, 0) is 31.7 Å². The average Bonchev–Trinajstić information content (AvgIpc) is 2.57. The Kier molecular flexibility index (Phi) is 6.20. The number of carbonyl (C=O) groups is 2. The van der Waals surface area contributed by atoms with E-state index in [9.17, 15) is 9.59 Å². The summed E-state index contributed by atoms with van der Waals surface area (Å²) in [6.07, 6.45) is 2.62. The molecule has 0 saturated carbocycles. The first-order valence-corrected chi connectivity index (χ1v) is 9.86. The summed E-state index contributed by atoms with van der Waals surface area (Å²) in [6, 6.07) is -0.249. The lowest BCUT2D eigenvalue weighted by Gasteiger charge is -2.54. The zero-order chi connectivity index (χ0) is 18.7. The fraction of sp³-hybridized carbons (Fsp3) is 0.895. The van der Waals surface area contributed by atoms with E-state index in [0.29, 0.717) is 44.5 Å². The van der Waals surface area contributed by atoms with Crippen molar-refractivity contribution in [2.75, 3.05) is 53.0 Å². The van der Waals surface area contributed by atoms with Gasteiger partial charge in [0.1, 0.15) is 11.6 Å². The van der Waals surface area contributed by atoms with Gasteiger partial charge >= 0.3 is 0 Å². The molecule has 0 aromatic heterocycles. The quantitative estimate of drug-likeness (QED) is 0.766. The molecule has 1 spiro atoms. The summed E-state index contributed by atoms with van der Waals surface area (Å²) in [6.45, 7) is 8.77. The van der Waals surface area contributed by atoms with E-state index < -0.39 is 0 Å². The lowest BCUT2D eigenvalue weighted by Crippen LogP contribution is -2.73. The summed E-state index contributed by atoms with van der Waals surface area (Å²) in [5.41, 5.74) is -0.293. The Morgan fingerprint density at radius 2 is 1.88 bits per heavy atom. The first-order valence-electron chi connectivity index (χ1n) is 9.86. The highest BCUT2D eigenvalue weighted by atomic mass is 16.5. The summed E-state index contributed by atoms with van der Waals surface area (Å²) in [7, 11) is 1.97. The van der Waals surface area contributed by atoms with Gasteiger partial charge in [0.15, 0.2) is 0 Å². The van der Waals surface area contributed by atoms with Gasteiger partial charge in [0, 0.05) is 32.7 Å². The second-order valence-electron chi connectivity index (χ2n) is 8.57. The number of hydrogen-bond donors (Lipinski definition) is 1. The molecule has 7 heteroatoms. The number of amides is 2. The molecule has 0 unspecified atom stereocenters. The number of carbonyl (C=O) groups excluding carboxylic acids is 2. The number of hydrogen-bond acceptors (Lipinski definition) is 5. The molecular formula is C19H33N3O4. The fourth-order valence-electron chi connectivity index (χ4n) is 4.08. The van der Waals surface area contributed by atoms with Crippen molar-refractivity contribution in [2.45, 2.75) is 44.8 Å². The molecule has 3 aliphatic heterocycles. The van der Waals surface area contributed by atoms with Gasteiger partial charge in [-0.15, -0.1) is 0 Å². The number of morpholine rings is 1. The van der Waals surface area contributed by atoms with Gasteiger partial charge in [0.25, 0.3) is 0 Å². The summed E-state index contributed by atoms with van der Waals surface area (Å²) < 4.78 is 11.4. The van der Waals surface area contributed by atoms with Gasteiger partial charge in [0.05, 0.1) is 19.7 Å². The molecular weight excluding hydrogens is 334 g/mol. The highest BCUT2D eigenvalue weighted by Crippen LogP contribution is 2.31. The largest absolute Gasteiger partial charge is 0.381 e. The van der Waals surface area contributed by atoms with Crippen molar-refractivity contribution in [1.29, 1.82) is 0 Å². The van der Waals surface area contributed by atoms with Crippen LogP contribution < -0.4 is 5.32 Å². The van der Waals surface area contributed by atoms with Crippen LogP contribution in [0.2, 0.25) is 0 Å². The molecule has 26 heavy (non-hydrogen) atoms. The van der Waals surface area contributed by atoms with Crippen LogP contribution in [0.5, 0.6) is 0 Å². The Hall–Kier alpha value is -1.18. The molecule has 1 N–H and O–H groups in total. The molecule has 3 fully saturated rings. The molecule has 3 aliphatic rings. The van der Waals surface area contributed by atoms with E-state index in [2.05, 4.69) is 24.1 Å². The minimum Gasteiger partial charge on any atom is -0.381 e. The van der Waals surface area contributed by atoms with Crippen LogP contribution in [0.25, 0.3) is 0 Å². The second-order valence-corrected chi connectivity index (χ2v) is 8.57. The Labute approximate surface area is 156 Å². The number of nitrogens with zero attached hydrogens (tertiary/aromatic N) is 2. The standard InChI is InChI=1S/C19H33N3O4/c1-14(2)8-17(23)22-12-19(13-22)11-21(3)16(10-26-19)18(24)20-9-15-4-6-25-7-5-15/h14-16H,4-13H2,1-3H3,(H,20,24)/t16-/m1/s1. The molecule has 0 aromatic carbocycles. The van der Waals surface area contributed by atoms with Crippen LogP contribution in [0.3, 0.4) is 0 Å². The maximum absolute atomic E-state index is 12.5. The third-order valence-electron chi connectivity index (χ3n) is 5.72. The van der Waals surface area contributed by atoms with Crippen molar-refractivity contribution in [2.24, 2.45) is 11.8 Å². The second kappa shape index (κ2) is 8.23. The smallest absolute Gasteiger partial charge is 0.239 e. The van der Waals surface area contributed by atoms with Crippen LogP contribution in [0.15, 0.2) is 0 Å². The monoisotopic (exact) mass is 367 g/mol. The van der Waals surface area contributed by atoms with Gasteiger partial charge in [-0.3, -0.25) is 14.5 Å². The molecule has 3 heterocycles. The summed E-state index contributed by atoms with van der Waals surface area (Å²) >= 11 is 0. The van der Waals surface area contributed by atoms with Gasteiger partial charge in [-0.1, -0.05) is 13.8 Å². The highest BCUT2D eigenvalue weighted by molar-refractivity contribution is 5.82. The Balaban J connectivity index is 1.42. The van der Waals surface area contributed by atoms with E-state index in [-0.39, 0.29) is 23.5 Å². The fourth-order valence-corrected chi connectivity index (χ4v) is 4.08. The minimum atomic E-state index is -0.293. The Morgan fingerprint density at radius 3 is 2.50 bits per heavy atom. The van der Waals surface area contributed by atoms with E-state index in [1.165, 1.54) is 0 Å². The first-order chi connectivity index (χ1) is 12.4. The Morgan fingerprint density at radius 1 is 1.19 bits per heavy atom. The highest BCUT2D eigenvalue weighted by Gasteiger charge is 2.51. The molecule has 2 amide bonds. The van der Waals surface area contributed by atoms with Crippen LogP contribution in [0.1, 0.15) is 33.1 Å². The van der Waals surface area contributed by atoms with E-state index >= 15 is 0 Å². The minimum absolute atomic E-state index is 0.0425. The predicted octanol–water partition coefficient (Wildman–Crippen LogP) is 0.487. The van der Waals surface area contributed by atoms with Crippen LogP contribution >= 0.6 is 0 Å². The van der Waals surface area contributed by atoms with Crippen molar-refractivity contribution < 1.29 is 19.1 Å². The summed E-state index contributed by atoms with van der Waals surface area (Å²) in [5, 5.41) is 3.08. The van der Waals surface area contributed by atoms with Crippen LogP contribution in [0.4, 0.5) is 0 Å². The topological polar surface area (TPSA) is 71.1 Å². The van der Waals surface area contributed by atoms with Crippen molar-refractivity contribution in [3.63, 3.8) is 0 Å². The van der Waals surface area contributed by atoms with Crippen molar-refractivity contribution in [3.05, 3.63) is 0 Å². The third-order valence-corrected chi connectivity index (χ3v) is 5.72. The van der Waals surface area contributed by atoms with Crippen molar-refractivity contribution in [3.8, 4) is 0 Å². The van der Waals surface area contributed by atoms with Crippen molar-refractivity contribution in [1.82, 2.24) is 15.1 Å². The molecule has 3 rings (SSSR count). The SMILES string of the molecule is CC(C)CC(=O)N1CC2(C1)CN(C)[C@@H](C(=O)NCC1CCOCC1)CO2. The van der Waals surface area contributed by atoms with Crippen LogP contribution in [0, 0.1) is 11.8 Å². The summed E-state index contributed by atoms with van der Waals surface area (Å²) in [4.78, 5) is 28.6. The van der Waals surface area contributed by atoms with Gasteiger partial charge in [0.2, 0.25) is 11.8 Å². The van der Waals surface area contributed by atoms with E-state index in [1.54, 1.807) is 0 Å². The van der Waals surface area contributed by atoms with Gasteiger partial charge < -0.3 is 19.7 Å².